The van der Waals surface area contributed by atoms with Gasteiger partial charge >= 0.3 is 0 Å². The van der Waals surface area contributed by atoms with Gasteiger partial charge in [0, 0.05) is 57.1 Å². The van der Waals surface area contributed by atoms with Crippen LogP contribution in [0.1, 0.15) is 24.8 Å². The number of halogens is 1. The van der Waals surface area contributed by atoms with Gasteiger partial charge in [0.15, 0.2) is 5.82 Å². The van der Waals surface area contributed by atoms with Gasteiger partial charge in [-0.25, -0.2) is 14.4 Å². The van der Waals surface area contributed by atoms with Gasteiger partial charge in [-0.15, -0.1) is 0 Å². The lowest BCUT2D eigenvalue weighted by atomic mass is 10.1. The minimum absolute atomic E-state index is 0.200. The molecule has 2 N–H and O–H groups in total. The quantitative estimate of drug-likeness (QED) is 0.650. The molecule has 0 atom stereocenters. The largest absolute Gasteiger partial charge is 0.396 e. The van der Waals surface area contributed by atoms with Crippen LogP contribution >= 0.6 is 0 Å². The van der Waals surface area contributed by atoms with Crippen LogP contribution in [-0.4, -0.2) is 54.2 Å². The molecule has 8 heteroatoms. The monoisotopic (exact) mass is 447 g/mol. The molecule has 0 aliphatic carbocycles. The van der Waals surface area contributed by atoms with Crippen molar-refractivity contribution < 1.29 is 4.39 Å². The van der Waals surface area contributed by atoms with E-state index in [1.54, 1.807) is 19.2 Å². The maximum atomic E-state index is 13.9. The molecule has 3 aromatic rings. The molecule has 2 saturated heterocycles. The molecule has 1 aromatic carbocycles. The molecule has 33 heavy (non-hydrogen) atoms. The van der Waals surface area contributed by atoms with Crippen molar-refractivity contribution in [2.75, 3.05) is 59.7 Å². The Balaban J connectivity index is 1.44. The predicted octanol–water partition coefficient (Wildman–Crippen LogP) is 3.89. The molecule has 4 heterocycles. The summed E-state index contributed by atoms with van der Waals surface area (Å²) in [5.74, 6) is 2.32. The van der Waals surface area contributed by atoms with Crippen LogP contribution in [0.5, 0.6) is 0 Å². The average molecular weight is 448 g/mol. The summed E-state index contributed by atoms with van der Waals surface area (Å²) in [4.78, 5) is 21.1. The number of nitrogens with two attached hydrogens (primary N) is 1. The number of aryl methyl sites for hydroxylation is 1. The fraction of sp³-hybridized carbons (Fsp3) is 0.400. The zero-order valence-electron chi connectivity index (χ0n) is 19.0. The van der Waals surface area contributed by atoms with Gasteiger partial charge in [-0.1, -0.05) is 0 Å². The molecule has 0 amide bonds. The van der Waals surface area contributed by atoms with Crippen LogP contribution in [0.4, 0.5) is 27.7 Å². The Labute approximate surface area is 194 Å². The predicted molar refractivity (Wildman–Crippen MR) is 131 cm³/mol. The lowest BCUT2D eigenvalue weighted by Crippen LogP contribution is -2.47. The van der Waals surface area contributed by atoms with E-state index in [1.165, 1.54) is 12.5 Å². The molecule has 0 radical (unpaired) electrons. The number of nitrogens with zero attached hydrogens (tertiary/aromatic N) is 6. The first kappa shape index (κ1) is 21.4. The van der Waals surface area contributed by atoms with Crippen molar-refractivity contribution in [3.63, 3.8) is 0 Å². The van der Waals surface area contributed by atoms with Gasteiger partial charge < -0.3 is 20.4 Å². The van der Waals surface area contributed by atoms with Crippen LogP contribution < -0.4 is 20.4 Å². The lowest BCUT2D eigenvalue weighted by molar-refractivity contribution is 0.567. The molecule has 0 bridgehead atoms. The second-order valence-electron chi connectivity index (χ2n) is 8.81. The Hall–Kier alpha value is -3.42. The summed E-state index contributed by atoms with van der Waals surface area (Å²) in [5, 5.41) is 0. The summed E-state index contributed by atoms with van der Waals surface area (Å²) >= 11 is 0. The van der Waals surface area contributed by atoms with Crippen molar-refractivity contribution >= 4 is 23.3 Å². The number of hydrogen-bond donors (Lipinski definition) is 1. The molecule has 2 aliphatic heterocycles. The number of rotatable bonds is 4. The van der Waals surface area contributed by atoms with E-state index in [-0.39, 0.29) is 5.82 Å². The highest BCUT2D eigenvalue weighted by molar-refractivity contribution is 5.67. The Morgan fingerprint density at radius 2 is 1.61 bits per heavy atom. The van der Waals surface area contributed by atoms with Crippen LogP contribution in [0, 0.1) is 12.7 Å². The highest BCUT2D eigenvalue weighted by atomic mass is 19.1. The number of hydrogen-bond acceptors (Lipinski definition) is 7. The first-order valence-corrected chi connectivity index (χ1v) is 11.7. The lowest BCUT2D eigenvalue weighted by Gasteiger charge is -2.37. The van der Waals surface area contributed by atoms with Gasteiger partial charge in [0.1, 0.15) is 11.6 Å². The van der Waals surface area contributed by atoms with Crippen LogP contribution in [0.25, 0.3) is 11.3 Å². The third-order valence-corrected chi connectivity index (χ3v) is 6.51. The Bertz CT molecular complexity index is 1120. The summed E-state index contributed by atoms with van der Waals surface area (Å²) in [5.41, 5.74) is 9.20. The third-order valence-electron chi connectivity index (χ3n) is 6.51. The summed E-state index contributed by atoms with van der Waals surface area (Å²) in [6.45, 7) is 6.98. The van der Waals surface area contributed by atoms with Crippen LogP contribution in [-0.2, 0) is 0 Å². The van der Waals surface area contributed by atoms with Gasteiger partial charge in [-0.3, -0.25) is 0 Å². The molecule has 0 spiro atoms. The number of aromatic nitrogens is 3. The van der Waals surface area contributed by atoms with Gasteiger partial charge in [-0.2, -0.15) is 4.98 Å². The van der Waals surface area contributed by atoms with Crippen LogP contribution in [0.2, 0.25) is 0 Å². The fourth-order valence-electron chi connectivity index (χ4n) is 4.59. The van der Waals surface area contributed by atoms with E-state index in [1.807, 2.05) is 24.3 Å². The van der Waals surface area contributed by atoms with Crippen LogP contribution in [0.3, 0.4) is 0 Å². The Kier molecular flexibility index (Phi) is 5.98. The Morgan fingerprint density at radius 1 is 0.848 bits per heavy atom. The number of benzene rings is 1. The van der Waals surface area contributed by atoms with E-state index < -0.39 is 0 Å². The average Bonchev–Trinajstić information content (AvgIpc) is 2.86. The topological polar surface area (TPSA) is 74.4 Å². The van der Waals surface area contributed by atoms with Crippen molar-refractivity contribution in [3.8, 4) is 11.3 Å². The van der Waals surface area contributed by atoms with Crippen molar-refractivity contribution in [1.29, 1.82) is 0 Å². The Morgan fingerprint density at radius 3 is 2.33 bits per heavy atom. The summed E-state index contributed by atoms with van der Waals surface area (Å²) < 4.78 is 13.9. The molecule has 2 aromatic heterocycles. The minimum atomic E-state index is -0.200. The van der Waals surface area contributed by atoms with Gasteiger partial charge in [0.05, 0.1) is 11.4 Å². The molecule has 5 rings (SSSR count). The summed E-state index contributed by atoms with van der Waals surface area (Å²) in [6.07, 6.45) is 5.34. The minimum Gasteiger partial charge on any atom is -0.396 e. The van der Waals surface area contributed by atoms with E-state index in [9.17, 15) is 4.39 Å². The molecule has 7 nitrogen and oxygen atoms in total. The molecule has 2 aliphatic rings. The number of piperazine rings is 1. The summed E-state index contributed by atoms with van der Waals surface area (Å²) in [6, 6.07) is 11.0. The SMILES string of the molecule is Cc1cc(-c2cc(N3CCN(c4ncccc4N)CC3)nc(N3CCCCC3)n2)ccc1F. The maximum Gasteiger partial charge on any atom is 0.227 e. The maximum absolute atomic E-state index is 13.9. The molecule has 0 saturated carbocycles. The highest BCUT2D eigenvalue weighted by Crippen LogP contribution is 2.29. The highest BCUT2D eigenvalue weighted by Gasteiger charge is 2.23. The van der Waals surface area contributed by atoms with E-state index in [0.717, 1.165) is 81.0 Å². The van der Waals surface area contributed by atoms with Gasteiger partial charge in [0.2, 0.25) is 5.95 Å². The van der Waals surface area contributed by atoms with E-state index in [0.29, 0.717) is 11.3 Å². The van der Waals surface area contributed by atoms with Gasteiger partial charge in [-0.05, 0) is 62.1 Å². The normalized spacial score (nSPS) is 16.8. The standard InChI is InChI=1S/C25H30FN7/c1-18-16-19(7-8-20(18)26)22-17-23(30-25(29-22)33-10-3-2-4-11-33)31-12-14-32(15-13-31)24-21(27)6-5-9-28-24/h5-9,16-17H,2-4,10-15,27H2,1H3. The van der Waals surface area contributed by atoms with Crippen molar-refractivity contribution in [1.82, 2.24) is 15.0 Å². The number of anilines is 4. The molecular formula is C25H30FN7. The van der Waals surface area contributed by atoms with E-state index in [4.69, 9.17) is 15.7 Å². The second-order valence-corrected chi connectivity index (χ2v) is 8.81. The molecule has 2 fully saturated rings. The van der Waals surface area contributed by atoms with E-state index in [2.05, 4.69) is 19.7 Å². The van der Waals surface area contributed by atoms with Gasteiger partial charge in [0.25, 0.3) is 0 Å². The van der Waals surface area contributed by atoms with E-state index >= 15 is 0 Å². The first-order chi connectivity index (χ1) is 16.1. The van der Waals surface area contributed by atoms with Crippen LogP contribution in [0.15, 0.2) is 42.6 Å². The second kappa shape index (κ2) is 9.21. The number of nitrogen functional groups attached to an aromatic ring is 1. The third kappa shape index (κ3) is 4.55. The van der Waals surface area contributed by atoms with Crippen molar-refractivity contribution in [2.45, 2.75) is 26.2 Å². The first-order valence-electron chi connectivity index (χ1n) is 11.7. The number of pyridine rings is 1. The van der Waals surface area contributed by atoms with Crippen molar-refractivity contribution in [3.05, 3.63) is 54.0 Å². The smallest absolute Gasteiger partial charge is 0.227 e. The molecule has 0 unspecified atom stereocenters. The fourth-order valence-corrected chi connectivity index (χ4v) is 4.59. The molecule has 172 valence electrons. The molecular weight excluding hydrogens is 417 g/mol. The number of piperidine rings is 1. The van der Waals surface area contributed by atoms with Crippen molar-refractivity contribution in [2.24, 2.45) is 0 Å². The zero-order chi connectivity index (χ0) is 22.8. The summed E-state index contributed by atoms with van der Waals surface area (Å²) in [7, 11) is 0. The zero-order valence-corrected chi connectivity index (χ0v) is 19.0.